The van der Waals surface area contributed by atoms with E-state index in [2.05, 4.69) is 9.97 Å². The summed E-state index contributed by atoms with van der Waals surface area (Å²) < 4.78 is 23.2. The van der Waals surface area contributed by atoms with Gasteiger partial charge in [0.15, 0.2) is 0 Å². The number of ether oxygens (including phenoxy) is 2. The molecular weight excluding hydrogens is 187 g/mol. The van der Waals surface area contributed by atoms with Gasteiger partial charge in [-0.2, -0.15) is 4.39 Å². The third-order valence-electron chi connectivity index (χ3n) is 2.05. The lowest BCUT2D eigenvalue weighted by molar-refractivity contribution is 0.0661. The smallest absolute Gasteiger partial charge is 0.219 e. The zero-order valence-corrected chi connectivity index (χ0v) is 7.65. The third kappa shape index (κ3) is 2.38. The van der Waals surface area contributed by atoms with Crippen LogP contribution in [-0.4, -0.2) is 29.3 Å². The van der Waals surface area contributed by atoms with Crippen LogP contribution in [-0.2, 0) is 4.74 Å². The fourth-order valence-electron chi connectivity index (χ4n) is 1.35. The predicted molar refractivity (Wildman–Crippen MR) is 46.5 cm³/mol. The van der Waals surface area contributed by atoms with Crippen LogP contribution in [0.15, 0.2) is 12.4 Å². The van der Waals surface area contributed by atoms with Crippen molar-refractivity contribution in [3.05, 3.63) is 18.3 Å². The Kier molecular flexibility index (Phi) is 2.88. The Morgan fingerprint density at radius 1 is 1.57 bits per heavy atom. The van der Waals surface area contributed by atoms with E-state index >= 15 is 0 Å². The van der Waals surface area contributed by atoms with Gasteiger partial charge in [0, 0.05) is 6.61 Å². The number of halogens is 1. The molecule has 0 amide bonds. The van der Waals surface area contributed by atoms with Gasteiger partial charge in [-0.05, 0) is 12.8 Å². The van der Waals surface area contributed by atoms with Crippen LogP contribution in [0, 0.1) is 5.95 Å². The van der Waals surface area contributed by atoms with Crippen LogP contribution >= 0.6 is 0 Å². The van der Waals surface area contributed by atoms with Gasteiger partial charge in [0.2, 0.25) is 11.8 Å². The molecule has 0 bridgehead atoms. The summed E-state index contributed by atoms with van der Waals surface area (Å²) in [5.74, 6) is -0.324. The fraction of sp³-hybridized carbons (Fsp3) is 0.556. The first-order valence-electron chi connectivity index (χ1n) is 4.56. The first-order chi connectivity index (χ1) is 6.84. The molecule has 0 saturated carbocycles. The van der Waals surface area contributed by atoms with Crippen molar-refractivity contribution in [1.29, 1.82) is 0 Å². The van der Waals surface area contributed by atoms with E-state index < -0.39 is 5.95 Å². The van der Waals surface area contributed by atoms with Crippen LogP contribution < -0.4 is 4.74 Å². The Balaban J connectivity index is 1.85. The standard InChI is InChI=1S/C9H11FN2O2/c10-8-4-9(12-6-11-8)14-5-7-2-1-3-13-7/h4,6-7H,1-3,5H2. The van der Waals surface area contributed by atoms with Crippen LogP contribution in [0.2, 0.25) is 0 Å². The summed E-state index contributed by atoms with van der Waals surface area (Å²) in [5.41, 5.74) is 0. The summed E-state index contributed by atoms with van der Waals surface area (Å²) in [6.07, 6.45) is 3.31. The van der Waals surface area contributed by atoms with Crippen molar-refractivity contribution in [2.75, 3.05) is 13.2 Å². The van der Waals surface area contributed by atoms with Crippen molar-refractivity contribution < 1.29 is 13.9 Å². The Labute approximate surface area is 81.1 Å². The van der Waals surface area contributed by atoms with Gasteiger partial charge in [-0.1, -0.05) is 0 Å². The predicted octanol–water partition coefficient (Wildman–Crippen LogP) is 1.17. The lowest BCUT2D eigenvalue weighted by atomic mass is 10.2. The van der Waals surface area contributed by atoms with Gasteiger partial charge in [-0.3, -0.25) is 0 Å². The molecule has 14 heavy (non-hydrogen) atoms. The number of aromatic nitrogens is 2. The van der Waals surface area contributed by atoms with Gasteiger partial charge >= 0.3 is 0 Å². The highest BCUT2D eigenvalue weighted by Gasteiger charge is 2.16. The molecule has 0 N–H and O–H groups in total. The molecule has 1 aliphatic rings. The summed E-state index contributed by atoms with van der Waals surface area (Å²) >= 11 is 0. The Morgan fingerprint density at radius 3 is 3.21 bits per heavy atom. The highest BCUT2D eigenvalue weighted by Crippen LogP contribution is 2.13. The molecule has 1 fully saturated rings. The number of nitrogens with zero attached hydrogens (tertiary/aromatic N) is 2. The maximum Gasteiger partial charge on any atom is 0.219 e. The highest BCUT2D eigenvalue weighted by molar-refractivity contribution is 5.05. The first kappa shape index (κ1) is 9.33. The molecule has 0 radical (unpaired) electrons. The topological polar surface area (TPSA) is 44.2 Å². The zero-order valence-electron chi connectivity index (χ0n) is 7.65. The van der Waals surface area contributed by atoms with E-state index in [1.165, 1.54) is 0 Å². The van der Waals surface area contributed by atoms with Crippen LogP contribution in [0.1, 0.15) is 12.8 Å². The molecule has 76 valence electrons. The molecular formula is C9H11FN2O2. The average molecular weight is 198 g/mol. The Bertz CT molecular complexity index is 303. The largest absolute Gasteiger partial charge is 0.475 e. The maximum absolute atomic E-state index is 12.6. The van der Waals surface area contributed by atoms with Gasteiger partial charge in [0.25, 0.3) is 0 Å². The quantitative estimate of drug-likeness (QED) is 0.684. The van der Waals surface area contributed by atoms with E-state index in [4.69, 9.17) is 9.47 Å². The molecule has 2 rings (SSSR count). The molecule has 4 nitrogen and oxygen atoms in total. The highest BCUT2D eigenvalue weighted by atomic mass is 19.1. The lowest BCUT2D eigenvalue weighted by Crippen LogP contribution is -2.16. The van der Waals surface area contributed by atoms with E-state index in [0.29, 0.717) is 6.61 Å². The number of rotatable bonds is 3. The minimum atomic E-state index is -0.581. The van der Waals surface area contributed by atoms with E-state index in [-0.39, 0.29) is 12.0 Å². The number of hydrogen-bond acceptors (Lipinski definition) is 4. The number of hydrogen-bond donors (Lipinski definition) is 0. The molecule has 0 spiro atoms. The van der Waals surface area contributed by atoms with Gasteiger partial charge in [0.05, 0.1) is 12.2 Å². The summed E-state index contributed by atoms with van der Waals surface area (Å²) in [7, 11) is 0. The Morgan fingerprint density at radius 2 is 2.50 bits per heavy atom. The molecule has 1 aromatic rings. The fourth-order valence-corrected chi connectivity index (χ4v) is 1.35. The minimum absolute atomic E-state index is 0.119. The molecule has 0 aromatic carbocycles. The second kappa shape index (κ2) is 4.32. The van der Waals surface area contributed by atoms with Crippen LogP contribution in [0.4, 0.5) is 4.39 Å². The van der Waals surface area contributed by atoms with E-state index in [1.807, 2.05) is 0 Å². The van der Waals surface area contributed by atoms with Crippen molar-refractivity contribution >= 4 is 0 Å². The van der Waals surface area contributed by atoms with E-state index in [9.17, 15) is 4.39 Å². The zero-order chi connectivity index (χ0) is 9.80. The van der Waals surface area contributed by atoms with Crippen molar-refractivity contribution in [3.8, 4) is 5.88 Å². The van der Waals surface area contributed by atoms with E-state index in [1.54, 1.807) is 0 Å². The van der Waals surface area contributed by atoms with Crippen LogP contribution in [0.25, 0.3) is 0 Å². The second-order valence-corrected chi connectivity index (χ2v) is 3.13. The molecule has 1 saturated heterocycles. The summed E-state index contributed by atoms with van der Waals surface area (Å²) in [6, 6.07) is 1.16. The summed E-state index contributed by atoms with van der Waals surface area (Å²) in [4.78, 5) is 7.10. The second-order valence-electron chi connectivity index (χ2n) is 3.13. The molecule has 0 aliphatic carbocycles. The molecule has 1 atom stereocenters. The third-order valence-corrected chi connectivity index (χ3v) is 2.05. The van der Waals surface area contributed by atoms with Crippen LogP contribution in [0.5, 0.6) is 5.88 Å². The normalized spacial score (nSPS) is 21.1. The van der Waals surface area contributed by atoms with Crippen molar-refractivity contribution in [3.63, 3.8) is 0 Å². The van der Waals surface area contributed by atoms with Gasteiger partial charge < -0.3 is 9.47 Å². The average Bonchev–Trinajstić information content (AvgIpc) is 2.67. The lowest BCUT2D eigenvalue weighted by Gasteiger charge is -2.09. The van der Waals surface area contributed by atoms with Crippen molar-refractivity contribution in [1.82, 2.24) is 9.97 Å². The summed E-state index contributed by atoms with van der Waals surface area (Å²) in [5, 5.41) is 0. The SMILES string of the molecule is Fc1cc(OCC2CCCO2)ncn1. The van der Waals surface area contributed by atoms with Gasteiger partial charge in [0.1, 0.15) is 12.9 Å². The van der Waals surface area contributed by atoms with E-state index in [0.717, 1.165) is 31.8 Å². The monoisotopic (exact) mass is 198 g/mol. The molecule has 1 aliphatic heterocycles. The van der Waals surface area contributed by atoms with Crippen LogP contribution in [0.3, 0.4) is 0 Å². The molecule has 5 heteroatoms. The summed E-state index contributed by atoms with van der Waals surface area (Å²) in [6.45, 7) is 1.21. The molecule has 2 heterocycles. The molecule has 1 aromatic heterocycles. The van der Waals surface area contributed by atoms with Crippen molar-refractivity contribution in [2.45, 2.75) is 18.9 Å². The first-order valence-corrected chi connectivity index (χ1v) is 4.56. The maximum atomic E-state index is 12.6. The van der Waals surface area contributed by atoms with Crippen molar-refractivity contribution in [2.24, 2.45) is 0 Å². The van der Waals surface area contributed by atoms with Gasteiger partial charge in [-0.15, -0.1) is 0 Å². The Hall–Kier alpha value is -1.23. The molecule has 1 unspecified atom stereocenters. The van der Waals surface area contributed by atoms with Gasteiger partial charge in [-0.25, -0.2) is 9.97 Å². The minimum Gasteiger partial charge on any atom is -0.475 e.